The molecule has 0 saturated heterocycles. The first-order valence-corrected chi connectivity index (χ1v) is 5.57. The standard InChI is InChI=1S/C12H13N3O3/c16-7-3-6-13-10-8-4-1-2-5-9(8)14-11(15-10)12(17)18/h1-2,4-5,16H,3,6-7H2,(H,17,18)(H,13,14,15). The third kappa shape index (κ3) is 2.54. The number of hydrogen-bond acceptors (Lipinski definition) is 5. The van der Waals surface area contributed by atoms with Gasteiger partial charge in [0.25, 0.3) is 0 Å². The number of nitrogens with one attached hydrogen (secondary N) is 1. The fraction of sp³-hybridized carbons (Fsp3) is 0.250. The van der Waals surface area contributed by atoms with Crippen molar-refractivity contribution in [2.75, 3.05) is 18.5 Å². The van der Waals surface area contributed by atoms with Crippen LogP contribution in [0.15, 0.2) is 24.3 Å². The molecule has 1 heterocycles. The lowest BCUT2D eigenvalue weighted by Gasteiger charge is -2.08. The van der Waals surface area contributed by atoms with Crippen LogP contribution in [0.5, 0.6) is 0 Å². The highest BCUT2D eigenvalue weighted by atomic mass is 16.4. The number of aromatic carboxylic acids is 1. The van der Waals surface area contributed by atoms with E-state index in [1.54, 1.807) is 12.1 Å². The van der Waals surface area contributed by atoms with Crippen molar-refractivity contribution in [3.8, 4) is 0 Å². The lowest BCUT2D eigenvalue weighted by Crippen LogP contribution is -2.10. The summed E-state index contributed by atoms with van der Waals surface area (Å²) < 4.78 is 0. The number of aliphatic hydroxyl groups is 1. The zero-order valence-electron chi connectivity index (χ0n) is 9.63. The molecule has 0 aliphatic carbocycles. The molecule has 0 spiro atoms. The van der Waals surface area contributed by atoms with Crippen LogP contribution >= 0.6 is 0 Å². The average Bonchev–Trinajstić information content (AvgIpc) is 2.38. The van der Waals surface area contributed by atoms with E-state index in [9.17, 15) is 4.79 Å². The Hall–Kier alpha value is -2.21. The van der Waals surface area contributed by atoms with E-state index >= 15 is 0 Å². The predicted molar refractivity (Wildman–Crippen MR) is 66.7 cm³/mol. The van der Waals surface area contributed by atoms with Crippen LogP contribution in [0.1, 0.15) is 17.0 Å². The van der Waals surface area contributed by atoms with Gasteiger partial charge in [-0.1, -0.05) is 12.1 Å². The topological polar surface area (TPSA) is 95.3 Å². The van der Waals surface area contributed by atoms with Crippen molar-refractivity contribution in [2.24, 2.45) is 0 Å². The fourth-order valence-electron chi connectivity index (χ4n) is 1.59. The van der Waals surface area contributed by atoms with E-state index in [1.165, 1.54) is 0 Å². The number of benzene rings is 1. The van der Waals surface area contributed by atoms with Crippen molar-refractivity contribution >= 4 is 22.7 Å². The van der Waals surface area contributed by atoms with Crippen LogP contribution in [0.3, 0.4) is 0 Å². The third-order valence-electron chi connectivity index (χ3n) is 2.42. The smallest absolute Gasteiger partial charge is 0.374 e. The Kier molecular flexibility index (Phi) is 3.69. The first-order chi connectivity index (χ1) is 8.72. The first kappa shape index (κ1) is 12.3. The summed E-state index contributed by atoms with van der Waals surface area (Å²) in [5, 5.41) is 21.5. The van der Waals surface area contributed by atoms with Gasteiger partial charge in [-0.05, 0) is 18.6 Å². The fourth-order valence-corrected chi connectivity index (χ4v) is 1.59. The van der Waals surface area contributed by atoms with E-state index < -0.39 is 5.97 Å². The highest BCUT2D eigenvalue weighted by molar-refractivity contribution is 5.93. The van der Waals surface area contributed by atoms with Crippen LogP contribution in [-0.4, -0.2) is 39.3 Å². The van der Waals surface area contributed by atoms with E-state index in [0.29, 0.717) is 24.3 Å². The van der Waals surface area contributed by atoms with Gasteiger partial charge in [-0.3, -0.25) is 0 Å². The molecule has 1 aromatic carbocycles. The van der Waals surface area contributed by atoms with Gasteiger partial charge in [0.15, 0.2) is 0 Å². The van der Waals surface area contributed by atoms with Gasteiger partial charge in [-0.2, -0.15) is 0 Å². The molecule has 94 valence electrons. The summed E-state index contributed by atoms with van der Waals surface area (Å²) in [7, 11) is 0. The first-order valence-electron chi connectivity index (χ1n) is 5.57. The Bertz CT molecular complexity index is 571. The lowest BCUT2D eigenvalue weighted by atomic mass is 10.2. The summed E-state index contributed by atoms with van der Waals surface area (Å²) in [6.45, 7) is 0.596. The summed E-state index contributed by atoms with van der Waals surface area (Å²) in [6, 6.07) is 7.19. The third-order valence-corrected chi connectivity index (χ3v) is 2.42. The summed E-state index contributed by atoms with van der Waals surface area (Å²) in [4.78, 5) is 18.9. The number of aliphatic hydroxyl groups excluding tert-OH is 1. The Labute approximate surface area is 103 Å². The second kappa shape index (κ2) is 5.42. The monoisotopic (exact) mass is 247 g/mol. The second-order valence-electron chi connectivity index (χ2n) is 3.72. The molecule has 0 radical (unpaired) electrons. The Balaban J connectivity index is 2.43. The summed E-state index contributed by atoms with van der Waals surface area (Å²) in [5.74, 6) is -0.919. The van der Waals surface area contributed by atoms with Crippen LogP contribution in [0.4, 0.5) is 5.82 Å². The number of anilines is 1. The van der Waals surface area contributed by atoms with Crippen molar-refractivity contribution in [1.82, 2.24) is 9.97 Å². The quantitative estimate of drug-likeness (QED) is 0.685. The number of para-hydroxylation sites is 1. The molecule has 6 nitrogen and oxygen atoms in total. The number of carbonyl (C=O) groups is 1. The molecule has 1 aromatic heterocycles. The van der Waals surface area contributed by atoms with Crippen LogP contribution in [0.25, 0.3) is 10.9 Å². The maximum absolute atomic E-state index is 10.9. The van der Waals surface area contributed by atoms with Gasteiger partial charge in [0.1, 0.15) is 5.82 Å². The van der Waals surface area contributed by atoms with Crippen molar-refractivity contribution in [2.45, 2.75) is 6.42 Å². The molecule has 0 aliphatic heterocycles. The van der Waals surface area contributed by atoms with Gasteiger partial charge in [-0.15, -0.1) is 0 Å². The molecular formula is C12H13N3O3. The van der Waals surface area contributed by atoms with Gasteiger partial charge >= 0.3 is 5.97 Å². The van der Waals surface area contributed by atoms with E-state index in [4.69, 9.17) is 10.2 Å². The minimum atomic E-state index is -1.16. The van der Waals surface area contributed by atoms with Crippen LogP contribution in [0, 0.1) is 0 Å². The minimum Gasteiger partial charge on any atom is -0.475 e. The SMILES string of the molecule is O=C(O)c1nc(NCCCO)c2ccccc2n1. The lowest BCUT2D eigenvalue weighted by molar-refractivity contribution is 0.0684. The molecule has 3 N–H and O–H groups in total. The van der Waals surface area contributed by atoms with Crippen LogP contribution in [0.2, 0.25) is 0 Å². The molecule has 2 rings (SSSR count). The molecule has 0 bridgehead atoms. The number of carboxylic acids is 1. The highest BCUT2D eigenvalue weighted by Crippen LogP contribution is 2.19. The van der Waals surface area contributed by atoms with E-state index in [1.807, 2.05) is 12.1 Å². The Morgan fingerprint density at radius 1 is 1.28 bits per heavy atom. The number of rotatable bonds is 5. The number of nitrogens with zero attached hydrogens (tertiary/aromatic N) is 2. The van der Waals surface area contributed by atoms with Crippen molar-refractivity contribution < 1.29 is 15.0 Å². The molecule has 6 heteroatoms. The molecular weight excluding hydrogens is 234 g/mol. The second-order valence-corrected chi connectivity index (χ2v) is 3.72. The summed E-state index contributed by atoms with van der Waals surface area (Å²) in [6.07, 6.45) is 0.570. The van der Waals surface area contributed by atoms with Gasteiger partial charge in [0.05, 0.1) is 5.52 Å². The largest absolute Gasteiger partial charge is 0.475 e. The van der Waals surface area contributed by atoms with Crippen LogP contribution < -0.4 is 5.32 Å². The molecule has 2 aromatic rings. The Morgan fingerprint density at radius 3 is 2.78 bits per heavy atom. The van der Waals surface area contributed by atoms with Crippen molar-refractivity contribution in [1.29, 1.82) is 0 Å². The minimum absolute atomic E-state index is 0.0712. The molecule has 18 heavy (non-hydrogen) atoms. The number of aromatic nitrogens is 2. The van der Waals surface area contributed by atoms with E-state index in [-0.39, 0.29) is 12.4 Å². The average molecular weight is 247 g/mol. The Morgan fingerprint density at radius 2 is 2.06 bits per heavy atom. The highest BCUT2D eigenvalue weighted by Gasteiger charge is 2.11. The molecule has 0 amide bonds. The number of hydrogen-bond donors (Lipinski definition) is 3. The van der Waals surface area contributed by atoms with Gasteiger partial charge < -0.3 is 15.5 Å². The number of carboxylic acid groups (broad SMARTS) is 1. The maximum Gasteiger partial charge on any atom is 0.374 e. The van der Waals surface area contributed by atoms with Crippen LogP contribution in [-0.2, 0) is 0 Å². The normalized spacial score (nSPS) is 10.5. The van der Waals surface area contributed by atoms with Gasteiger partial charge in [-0.25, -0.2) is 14.8 Å². The molecule has 0 fully saturated rings. The maximum atomic E-state index is 10.9. The molecule has 0 unspecified atom stereocenters. The molecule has 0 saturated carbocycles. The summed E-state index contributed by atoms with van der Waals surface area (Å²) >= 11 is 0. The van der Waals surface area contributed by atoms with Gasteiger partial charge in [0, 0.05) is 18.5 Å². The zero-order chi connectivity index (χ0) is 13.0. The van der Waals surface area contributed by atoms with E-state index in [0.717, 1.165) is 5.39 Å². The van der Waals surface area contributed by atoms with E-state index in [2.05, 4.69) is 15.3 Å². The number of fused-ring (bicyclic) bond motifs is 1. The van der Waals surface area contributed by atoms with Crippen molar-refractivity contribution in [3.63, 3.8) is 0 Å². The molecule has 0 atom stereocenters. The van der Waals surface area contributed by atoms with Gasteiger partial charge in [0.2, 0.25) is 5.82 Å². The molecule has 0 aliphatic rings. The van der Waals surface area contributed by atoms with Crippen molar-refractivity contribution in [3.05, 3.63) is 30.1 Å². The zero-order valence-corrected chi connectivity index (χ0v) is 9.63. The predicted octanol–water partition coefficient (Wildman–Crippen LogP) is 1.12. The summed E-state index contributed by atoms with van der Waals surface area (Å²) in [5.41, 5.74) is 0.580.